The molecular formula is C20H20N2O2. The molecule has 0 radical (unpaired) electrons. The first-order valence-corrected chi connectivity index (χ1v) is 8.73. The largest absolute Gasteiger partial charge is 0.421 e. The van der Waals surface area contributed by atoms with E-state index >= 15 is 0 Å². The first-order valence-electron chi connectivity index (χ1n) is 8.73. The van der Waals surface area contributed by atoms with Gasteiger partial charge in [0.1, 0.15) is 11.8 Å². The molecule has 4 heteroatoms. The molecule has 1 aromatic carbocycles. The Morgan fingerprint density at radius 3 is 2.62 bits per heavy atom. The summed E-state index contributed by atoms with van der Waals surface area (Å²) >= 11 is 0. The Labute approximate surface area is 141 Å². The van der Waals surface area contributed by atoms with Crippen LogP contribution in [0.4, 0.5) is 5.69 Å². The van der Waals surface area contributed by atoms with Gasteiger partial charge in [-0.05, 0) is 44.1 Å². The Kier molecular flexibility index (Phi) is 3.86. The van der Waals surface area contributed by atoms with E-state index < -0.39 is 5.63 Å². The summed E-state index contributed by atoms with van der Waals surface area (Å²) in [5, 5.41) is 9.56. The summed E-state index contributed by atoms with van der Waals surface area (Å²) in [6.07, 6.45) is 6.24. The Morgan fingerprint density at radius 2 is 1.83 bits per heavy atom. The fraction of sp³-hybridized carbons (Fsp3) is 0.400. The third kappa shape index (κ3) is 2.41. The minimum atomic E-state index is -0.506. The fourth-order valence-electron chi connectivity index (χ4n) is 3.99. The summed E-state index contributed by atoms with van der Waals surface area (Å²) in [6.45, 7) is 1.82. The van der Waals surface area contributed by atoms with Gasteiger partial charge < -0.3 is 9.32 Å². The Balaban J connectivity index is 1.99. The lowest BCUT2D eigenvalue weighted by atomic mass is 9.99. The summed E-state index contributed by atoms with van der Waals surface area (Å²) < 4.78 is 5.65. The zero-order valence-electron chi connectivity index (χ0n) is 13.7. The third-order valence-corrected chi connectivity index (χ3v) is 5.11. The van der Waals surface area contributed by atoms with Crippen LogP contribution in [-0.2, 0) is 12.8 Å². The molecule has 2 aliphatic rings. The molecule has 0 amide bonds. The molecule has 0 atom stereocenters. The molecule has 122 valence electrons. The van der Waals surface area contributed by atoms with Gasteiger partial charge in [-0.25, -0.2) is 4.79 Å². The van der Waals surface area contributed by atoms with Gasteiger partial charge in [0.25, 0.3) is 0 Å². The normalized spacial score (nSPS) is 16.7. The van der Waals surface area contributed by atoms with Gasteiger partial charge in [-0.1, -0.05) is 24.3 Å². The maximum Gasteiger partial charge on any atom is 0.356 e. The second-order valence-corrected chi connectivity index (χ2v) is 6.59. The van der Waals surface area contributed by atoms with Crippen LogP contribution < -0.4 is 10.5 Å². The minimum absolute atomic E-state index is 0.176. The van der Waals surface area contributed by atoms with Crippen LogP contribution in [-0.4, -0.2) is 13.1 Å². The van der Waals surface area contributed by atoms with Crippen molar-refractivity contribution in [2.45, 2.75) is 38.5 Å². The fourth-order valence-corrected chi connectivity index (χ4v) is 3.99. The van der Waals surface area contributed by atoms with Crippen LogP contribution in [0.25, 0.3) is 11.3 Å². The molecule has 0 spiro atoms. The lowest BCUT2D eigenvalue weighted by Gasteiger charge is -2.31. The topological polar surface area (TPSA) is 57.2 Å². The molecule has 1 aromatic heterocycles. The van der Waals surface area contributed by atoms with Gasteiger partial charge in [0.15, 0.2) is 5.56 Å². The Morgan fingerprint density at radius 1 is 1.04 bits per heavy atom. The molecule has 2 heterocycles. The molecule has 0 unspecified atom stereocenters. The van der Waals surface area contributed by atoms with E-state index in [-0.39, 0.29) is 5.56 Å². The molecule has 0 saturated carbocycles. The number of anilines is 1. The average molecular weight is 320 g/mol. The number of nitrogens with zero attached hydrogens (tertiary/aromatic N) is 2. The maximum absolute atomic E-state index is 12.5. The number of piperidine rings is 1. The standard InChI is InChI=1S/C20H20N2O2/c21-13-17-18(22-11-4-1-5-12-22)16-10-6-8-14-7-2-3-9-15(14)19(16)24-20(17)23/h2-3,7,9H,1,4-6,8,10-12H2. The van der Waals surface area contributed by atoms with Crippen LogP contribution in [0.1, 0.15) is 42.4 Å². The highest BCUT2D eigenvalue weighted by Crippen LogP contribution is 2.38. The average Bonchev–Trinajstić information content (AvgIpc) is 2.81. The van der Waals surface area contributed by atoms with Gasteiger partial charge >= 0.3 is 5.63 Å². The van der Waals surface area contributed by atoms with Crippen molar-refractivity contribution in [1.29, 1.82) is 5.26 Å². The van der Waals surface area contributed by atoms with Crippen LogP contribution in [0.2, 0.25) is 0 Å². The maximum atomic E-state index is 12.5. The van der Waals surface area contributed by atoms with Crippen LogP contribution in [0, 0.1) is 11.3 Å². The number of hydrogen-bond acceptors (Lipinski definition) is 4. The monoisotopic (exact) mass is 320 g/mol. The number of fused-ring (bicyclic) bond motifs is 3. The highest BCUT2D eigenvalue weighted by atomic mass is 16.4. The number of rotatable bonds is 1. The van der Waals surface area contributed by atoms with E-state index in [1.54, 1.807) is 0 Å². The number of hydrogen-bond donors (Lipinski definition) is 0. The molecular weight excluding hydrogens is 300 g/mol. The summed E-state index contributed by atoms with van der Waals surface area (Å²) in [4.78, 5) is 14.7. The van der Waals surface area contributed by atoms with E-state index in [1.165, 1.54) is 12.0 Å². The van der Waals surface area contributed by atoms with E-state index in [0.29, 0.717) is 5.76 Å². The minimum Gasteiger partial charge on any atom is -0.421 e. The van der Waals surface area contributed by atoms with Crippen molar-refractivity contribution in [2.75, 3.05) is 18.0 Å². The number of nitriles is 1. The van der Waals surface area contributed by atoms with Gasteiger partial charge in [0.05, 0.1) is 5.69 Å². The van der Waals surface area contributed by atoms with E-state index in [2.05, 4.69) is 17.0 Å². The van der Waals surface area contributed by atoms with E-state index in [1.807, 2.05) is 18.2 Å². The Bertz CT molecular complexity index is 870. The smallest absolute Gasteiger partial charge is 0.356 e. The quantitative estimate of drug-likeness (QED) is 0.804. The zero-order valence-corrected chi connectivity index (χ0v) is 13.7. The first-order chi connectivity index (χ1) is 11.8. The second kappa shape index (κ2) is 6.16. The summed E-state index contributed by atoms with van der Waals surface area (Å²) in [5.74, 6) is 0.674. The molecule has 1 aliphatic heterocycles. The van der Waals surface area contributed by atoms with Gasteiger partial charge in [-0.2, -0.15) is 5.26 Å². The van der Waals surface area contributed by atoms with Gasteiger partial charge in [-0.15, -0.1) is 0 Å². The van der Waals surface area contributed by atoms with Crippen molar-refractivity contribution < 1.29 is 4.42 Å². The molecule has 24 heavy (non-hydrogen) atoms. The molecule has 4 nitrogen and oxygen atoms in total. The Hall–Kier alpha value is -2.54. The van der Waals surface area contributed by atoms with E-state index in [9.17, 15) is 10.1 Å². The van der Waals surface area contributed by atoms with Crippen molar-refractivity contribution in [3.8, 4) is 17.4 Å². The SMILES string of the molecule is N#Cc1c(N2CCCCC2)c2c(oc1=O)-c1ccccc1CCC2. The predicted molar refractivity (Wildman–Crippen MR) is 93.2 cm³/mol. The van der Waals surface area contributed by atoms with Crippen molar-refractivity contribution in [1.82, 2.24) is 0 Å². The molecule has 0 N–H and O–H groups in total. The van der Waals surface area contributed by atoms with Crippen LogP contribution in [0.3, 0.4) is 0 Å². The molecule has 1 aliphatic carbocycles. The molecule has 2 aromatic rings. The van der Waals surface area contributed by atoms with Gasteiger partial charge in [-0.3, -0.25) is 0 Å². The lowest BCUT2D eigenvalue weighted by Crippen LogP contribution is -2.32. The summed E-state index contributed by atoms with van der Waals surface area (Å²) in [7, 11) is 0. The summed E-state index contributed by atoms with van der Waals surface area (Å²) in [6, 6.07) is 10.2. The van der Waals surface area contributed by atoms with Crippen molar-refractivity contribution in [2.24, 2.45) is 0 Å². The van der Waals surface area contributed by atoms with Crippen molar-refractivity contribution in [3.63, 3.8) is 0 Å². The van der Waals surface area contributed by atoms with Crippen LogP contribution >= 0.6 is 0 Å². The molecule has 4 rings (SSSR count). The predicted octanol–water partition coefficient (Wildman–Crippen LogP) is 3.66. The third-order valence-electron chi connectivity index (χ3n) is 5.11. The van der Waals surface area contributed by atoms with Gasteiger partial charge in [0.2, 0.25) is 0 Å². The molecule has 1 fully saturated rings. The first kappa shape index (κ1) is 15.0. The lowest BCUT2D eigenvalue weighted by molar-refractivity contribution is 0.512. The van der Waals surface area contributed by atoms with E-state index in [4.69, 9.17) is 4.42 Å². The van der Waals surface area contributed by atoms with Gasteiger partial charge in [0, 0.05) is 24.2 Å². The highest BCUT2D eigenvalue weighted by molar-refractivity contribution is 5.76. The van der Waals surface area contributed by atoms with E-state index in [0.717, 1.165) is 62.0 Å². The summed E-state index contributed by atoms with van der Waals surface area (Å²) in [5.41, 5.74) is 3.76. The highest BCUT2D eigenvalue weighted by Gasteiger charge is 2.27. The van der Waals surface area contributed by atoms with Crippen molar-refractivity contribution in [3.05, 3.63) is 51.4 Å². The second-order valence-electron chi connectivity index (χ2n) is 6.59. The van der Waals surface area contributed by atoms with Crippen molar-refractivity contribution >= 4 is 5.69 Å². The number of benzene rings is 1. The number of aryl methyl sites for hydroxylation is 1. The molecule has 1 saturated heterocycles. The molecule has 0 bridgehead atoms. The van der Waals surface area contributed by atoms with Crippen LogP contribution in [0.5, 0.6) is 0 Å². The van der Waals surface area contributed by atoms with Crippen LogP contribution in [0.15, 0.2) is 33.5 Å². The zero-order chi connectivity index (χ0) is 16.5.